The molecule has 0 radical (unpaired) electrons. The van der Waals surface area contributed by atoms with Crippen molar-refractivity contribution < 1.29 is 19.4 Å². The number of carbonyl (C=O) groups is 1. The fraction of sp³-hybridized carbons (Fsp3) is 0.917. The number of likely N-dealkylation sites (tertiary alicyclic amines) is 1. The Morgan fingerprint density at radius 3 is 2.67 bits per heavy atom. The molecule has 0 spiro atoms. The van der Waals surface area contributed by atoms with E-state index in [0.29, 0.717) is 19.7 Å². The van der Waals surface area contributed by atoms with Gasteiger partial charge in [0.05, 0.1) is 18.8 Å². The summed E-state index contributed by atoms with van der Waals surface area (Å²) in [5, 5.41) is 12.6. The summed E-state index contributed by atoms with van der Waals surface area (Å²) >= 11 is 0. The first-order valence-electron chi connectivity index (χ1n) is 6.20. The van der Waals surface area contributed by atoms with Crippen molar-refractivity contribution in [3.63, 3.8) is 0 Å². The minimum Gasteiger partial charge on any atom is -0.444 e. The zero-order valence-electron chi connectivity index (χ0n) is 11.6. The molecule has 1 amide bonds. The van der Waals surface area contributed by atoms with Crippen LogP contribution in [0.3, 0.4) is 0 Å². The highest BCUT2D eigenvalue weighted by atomic mass is 16.6. The minimum atomic E-state index is -0.561. The lowest BCUT2D eigenvalue weighted by Gasteiger charge is -2.22. The number of hydrogen-bond acceptors (Lipinski definition) is 5. The predicted octanol–water partition coefficient (Wildman–Crippen LogP) is 0.203. The highest BCUT2D eigenvalue weighted by molar-refractivity contribution is 5.68. The zero-order chi connectivity index (χ0) is 13.8. The quantitative estimate of drug-likeness (QED) is 0.756. The minimum absolute atomic E-state index is 0.281. The first kappa shape index (κ1) is 15.2. The molecule has 0 aromatic heterocycles. The third-order valence-corrected chi connectivity index (χ3v) is 2.68. The van der Waals surface area contributed by atoms with Crippen LogP contribution in [0, 0.1) is 0 Å². The van der Waals surface area contributed by atoms with Crippen LogP contribution in [0.1, 0.15) is 20.8 Å². The molecule has 1 fully saturated rings. The number of aliphatic hydroxyl groups is 1. The maximum Gasteiger partial charge on any atom is 0.408 e. The van der Waals surface area contributed by atoms with Crippen molar-refractivity contribution in [2.24, 2.45) is 0 Å². The van der Waals surface area contributed by atoms with Gasteiger partial charge < -0.3 is 19.9 Å². The molecular weight excluding hydrogens is 236 g/mol. The maximum absolute atomic E-state index is 11.6. The number of methoxy groups -OCH3 is 1. The average molecular weight is 260 g/mol. The van der Waals surface area contributed by atoms with Crippen molar-refractivity contribution in [2.75, 3.05) is 33.4 Å². The van der Waals surface area contributed by atoms with Crippen LogP contribution in [0.25, 0.3) is 0 Å². The Bertz CT molecular complexity index is 278. The van der Waals surface area contributed by atoms with Gasteiger partial charge in [0, 0.05) is 26.7 Å². The summed E-state index contributed by atoms with van der Waals surface area (Å²) in [4.78, 5) is 13.6. The van der Waals surface area contributed by atoms with Crippen LogP contribution >= 0.6 is 0 Å². The summed E-state index contributed by atoms with van der Waals surface area (Å²) in [6.07, 6.45) is -1.05. The van der Waals surface area contributed by atoms with Gasteiger partial charge in [0.25, 0.3) is 0 Å². The zero-order valence-corrected chi connectivity index (χ0v) is 11.6. The molecule has 2 atom stereocenters. The molecule has 0 aromatic carbocycles. The van der Waals surface area contributed by atoms with Crippen LogP contribution in [0.4, 0.5) is 4.79 Å². The van der Waals surface area contributed by atoms with Gasteiger partial charge in [-0.15, -0.1) is 0 Å². The summed E-state index contributed by atoms with van der Waals surface area (Å²) in [5.41, 5.74) is -0.524. The van der Waals surface area contributed by atoms with Gasteiger partial charge in [-0.25, -0.2) is 4.79 Å². The number of β-amino-alcohol motifs (C(OH)–C–C–N with tert-alkyl or cyclic N) is 1. The van der Waals surface area contributed by atoms with Crippen LogP contribution in [0.15, 0.2) is 0 Å². The van der Waals surface area contributed by atoms with E-state index in [1.54, 1.807) is 7.11 Å². The van der Waals surface area contributed by atoms with Gasteiger partial charge in [0.1, 0.15) is 5.60 Å². The number of hydrogen-bond donors (Lipinski definition) is 2. The van der Waals surface area contributed by atoms with Crippen LogP contribution < -0.4 is 5.32 Å². The molecule has 6 heteroatoms. The van der Waals surface area contributed by atoms with Crippen molar-refractivity contribution >= 4 is 6.09 Å². The van der Waals surface area contributed by atoms with Gasteiger partial charge in [0.2, 0.25) is 0 Å². The summed E-state index contributed by atoms with van der Waals surface area (Å²) in [7, 11) is 1.64. The van der Waals surface area contributed by atoms with E-state index in [1.165, 1.54) is 0 Å². The molecule has 0 unspecified atom stereocenters. The average Bonchev–Trinajstić information content (AvgIpc) is 2.53. The van der Waals surface area contributed by atoms with Gasteiger partial charge in [-0.3, -0.25) is 4.90 Å². The fourth-order valence-corrected chi connectivity index (χ4v) is 1.87. The normalized spacial score (nSPS) is 25.2. The van der Waals surface area contributed by atoms with Gasteiger partial charge in [-0.2, -0.15) is 0 Å². The third-order valence-electron chi connectivity index (χ3n) is 2.68. The van der Waals surface area contributed by atoms with E-state index in [9.17, 15) is 9.90 Å². The first-order chi connectivity index (χ1) is 8.31. The van der Waals surface area contributed by atoms with Crippen LogP contribution in [-0.2, 0) is 9.47 Å². The molecule has 1 aliphatic rings. The molecule has 0 aliphatic carbocycles. The Labute approximate surface area is 108 Å². The van der Waals surface area contributed by atoms with E-state index >= 15 is 0 Å². The molecule has 2 N–H and O–H groups in total. The SMILES string of the molecule is COCCN1C[C@@H](O)[C@H](NC(=O)OC(C)(C)C)C1. The van der Waals surface area contributed by atoms with Crippen molar-refractivity contribution in [3.05, 3.63) is 0 Å². The van der Waals surface area contributed by atoms with Crippen molar-refractivity contribution in [3.8, 4) is 0 Å². The smallest absolute Gasteiger partial charge is 0.408 e. The summed E-state index contributed by atoms with van der Waals surface area (Å²) < 4.78 is 10.1. The number of nitrogens with one attached hydrogen (secondary N) is 1. The molecule has 1 heterocycles. The van der Waals surface area contributed by atoms with Crippen molar-refractivity contribution in [2.45, 2.75) is 38.5 Å². The molecule has 106 valence electrons. The largest absolute Gasteiger partial charge is 0.444 e. The molecule has 18 heavy (non-hydrogen) atoms. The molecule has 1 aliphatic heterocycles. The van der Waals surface area contributed by atoms with E-state index in [-0.39, 0.29) is 6.04 Å². The Balaban J connectivity index is 2.36. The predicted molar refractivity (Wildman–Crippen MR) is 67.5 cm³/mol. The first-order valence-corrected chi connectivity index (χ1v) is 6.20. The highest BCUT2D eigenvalue weighted by Gasteiger charge is 2.33. The lowest BCUT2D eigenvalue weighted by molar-refractivity contribution is 0.0461. The van der Waals surface area contributed by atoms with E-state index in [4.69, 9.17) is 9.47 Å². The lowest BCUT2D eigenvalue weighted by atomic mass is 10.2. The monoisotopic (exact) mass is 260 g/mol. The highest BCUT2D eigenvalue weighted by Crippen LogP contribution is 2.12. The fourth-order valence-electron chi connectivity index (χ4n) is 1.87. The van der Waals surface area contributed by atoms with E-state index < -0.39 is 17.8 Å². The number of rotatable bonds is 4. The van der Waals surface area contributed by atoms with E-state index in [2.05, 4.69) is 10.2 Å². The number of ether oxygens (including phenoxy) is 2. The second-order valence-corrected chi connectivity index (χ2v) is 5.57. The molecule has 6 nitrogen and oxygen atoms in total. The Hall–Kier alpha value is -0.850. The van der Waals surface area contributed by atoms with Gasteiger partial charge in [-0.05, 0) is 20.8 Å². The third kappa shape index (κ3) is 5.20. The maximum atomic E-state index is 11.6. The Morgan fingerprint density at radius 1 is 1.44 bits per heavy atom. The van der Waals surface area contributed by atoms with Crippen molar-refractivity contribution in [1.82, 2.24) is 10.2 Å². The Kier molecular flexibility index (Phi) is 5.37. The summed E-state index contributed by atoms with van der Waals surface area (Å²) in [6.45, 7) is 7.95. The Morgan fingerprint density at radius 2 is 2.11 bits per heavy atom. The van der Waals surface area contributed by atoms with Gasteiger partial charge in [-0.1, -0.05) is 0 Å². The van der Waals surface area contributed by atoms with Crippen molar-refractivity contribution in [1.29, 1.82) is 0 Å². The van der Waals surface area contributed by atoms with Gasteiger partial charge in [0.15, 0.2) is 0 Å². The number of amides is 1. The molecule has 1 rings (SSSR count). The van der Waals surface area contributed by atoms with Crippen LogP contribution in [0.2, 0.25) is 0 Å². The standard InChI is InChI=1S/C12H24N2O4/c1-12(2,3)18-11(16)13-9-7-14(5-6-17-4)8-10(9)15/h9-10,15H,5-8H2,1-4H3,(H,13,16)/t9-,10-/m1/s1. The topological polar surface area (TPSA) is 71.0 Å². The number of aliphatic hydroxyl groups excluding tert-OH is 1. The number of carbonyl (C=O) groups excluding carboxylic acids is 1. The second-order valence-electron chi connectivity index (χ2n) is 5.57. The molecule has 0 saturated carbocycles. The molecule has 0 aromatic rings. The second kappa shape index (κ2) is 6.36. The van der Waals surface area contributed by atoms with Gasteiger partial charge >= 0.3 is 6.09 Å². The summed E-state index contributed by atoms with van der Waals surface area (Å²) in [5.74, 6) is 0. The van der Waals surface area contributed by atoms with E-state index in [0.717, 1.165) is 6.54 Å². The number of nitrogens with zero attached hydrogens (tertiary/aromatic N) is 1. The molecular formula is C12H24N2O4. The van der Waals surface area contributed by atoms with Crippen LogP contribution in [0.5, 0.6) is 0 Å². The van der Waals surface area contributed by atoms with E-state index in [1.807, 2.05) is 20.8 Å². The van der Waals surface area contributed by atoms with Crippen LogP contribution in [-0.4, -0.2) is 67.2 Å². The lowest BCUT2D eigenvalue weighted by Crippen LogP contribution is -2.45. The summed E-state index contributed by atoms with van der Waals surface area (Å²) in [6, 6.07) is -0.281. The number of alkyl carbamates (subject to hydrolysis) is 1. The molecule has 0 bridgehead atoms. The molecule has 1 saturated heterocycles.